The van der Waals surface area contributed by atoms with Gasteiger partial charge in [-0.25, -0.2) is 0 Å². The summed E-state index contributed by atoms with van der Waals surface area (Å²) in [5.41, 5.74) is 2.21. The maximum atomic E-state index is 11.2. The normalized spacial score (nSPS) is 19.8. The van der Waals surface area contributed by atoms with Crippen molar-refractivity contribution < 1.29 is 28.6 Å². The molecule has 0 amide bonds. The lowest BCUT2D eigenvalue weighted by atomic mass is 9.92. The van der Waals surface area contributed by atoms with Gasteiger partial charge in [-0.1, -0.05) is 27.2 Å². The molecule has 0 radical (unpaired) electrons. The maximum Gasteiger partial charge on any atom is 0.159 e. The van der Waals surface area contributed by atoms with Crippen LogP contribution in [0, 0.1) is 17.8 Å². The van der Waals surface area contributed by atoms with Gasteiger partial charge in [0.15, 0.2) is 17.3 Å². The summed E-state index contributed by atoms with van der Waals surface area (Å²) in [5.74, 6) is 5.29. The number of carbonyl (C=O) groups is 3. The van der Waals surface area contributed by atoms with Gasteiger partial charge in [0.05, 0.1) is 19.8 Å². The van der Waals surface area contributed by atoms with Gasteiger partial charge in [-0.05, 0) is 182 Å². The molecule has 3 saturated heterocycles. The number of ketones is 3. The second-order valence-corrected chi connectivity index (χ2v) is 17.5. The molecule has 9 heteroatoms. The summed E-state index contributed by atoms with van der Waals surface area (Å²) in [5, 5.41) is 0. The molecule has 3 atom stereocenters. The van der Waals surface area contributed by atoms with Crippen LogP contribution in [0.25, 0.3) is 0 Å². The lowest BCUT2D eigenvalue weighted by molar-refractivity contribution is 0.100. The number of hydrogen-bond acceptors (Lipinski definition) is 9. The van der Waals surface area contributed by atoms with Gasteiger partial charge in [-0.3, -0.25) is 14.4 Å². The molecule has 3 fully saturated rings. The molecule has 0 spiro atoms. The predicted octanol–water partition coefficient (Wildman–Crippen LogP) is 10.2. The molecule has 330 valence electrons. The van der Waals surface area contributed by atoms with Gasteiger partial charge in [0, 0.05) is 56.0 Å². The monoisotopic (exact) mass is 826 g/mol. The van der Waals surface area contributed by atoms with Gasteiger partial charge in [-0.2, -0.15) is 0 Å². The number of carbonyl (C=O) groups excluding carboxylic acids is 3. The van der Waals surface area contributed by atoms with Crippen LogP contribution < -0.4 is 14.2 Å². The van der Waals surface area contributed by atoms with E-state index in [-0.39, 0.29) is 17.3 Å². The Kier molecular flexibility index (Phi) is 21.9. The Morgan fingerprint density at radius 2 is 0.817 bits per heavy atom. The highest BCUT2D eigenvalue weighted by molar-refractivity contribution is 5.95. The van der Waals surface area contributed by atoms with E-state index < -0.39 is 0 Å². The first-order valence-electron chi connectivity index (χ1n) is 22.8. The second kappa shape index (κ2) is 27.0. The van der Waals surface area contributed by atoms with Crippen molar-refractivity contribution in [3.05, 3.63) is 89.5 Å². The van der Waals surface area contributed by atoms with E-state index in [2.05, 4.69) is 35.5 Å². The van der Waals surface area contributed by atoms with Gasteiger partial charge in [0.1, 0.15) is 17.2 Å². The number of likely N-dealkylation sites (tertiary alicyclic amines) is 3. The quantitative estimate of drug-likeness (QED) is 0.0919. The van der Waals surface area contributed by atoms with Crippen molar-refractivity contribution >= 4 is 17.3 Å². The fraction of sp³-hybridized carbons (Fsp3) is 0.588. The van der Waals surface area contributed by atoms with Gasteiger partial charge < -0.3 is 28.9 Å². The van der Waals surface area contributed by atoms with E-state index in [1.54, 1.807) is 20.8 Å². The van der Waals surface area contributed by atoms with Gasteiger partial charge >= 0.3 is 0 Å². The predicted molar refractivity (Wildman–Crippen MR) is 244 cm³/mol. The highest BCUT2D eigenvalue weighted by Crippen LogP contribution is 2.22. The molecular formula is C51H75N3O6. The topological polar surface area (TPSA) is 88.6 Å². The Balaban J connectivity index is 0.000000199. The third-order valence-electron chi connectivity index (χ3n) is 11.6. The molecule has 0 aliphatic carbocycles. The van der Waals surface area contributed by atoms with Crippen molar-refractivity contribution in [1.82, 2.24) is 14.7 Å². The third kappa shape index (κ3) is 19.1. The maximum absolute atomic E-state index is 11.2. The minimum Gasteiger partial charge on any atom is -0.494 e. The first-order valence-corrected chi connectivity index (χ1v) is 22.8. The fourth-order valence-electron chi connectivity index (χ4n) is 8.44. The lowest BCUT2D eigenvalue weighted by Crippen LogP contribution is -2.39. The van der Waals surface area contributed by atoms with Crippen molar-refractivity contribution in [1.29, 1.82) is 0 Å². The zero-order valence-corrected chi connectivity index (χ0v) is 37.8. The Labute approximate surface area is 362 Å². The molecule has 0 bridgehead atoms. The van der Waals surface area contributed by atoms with Crippen molar-refractivity contribution in [3.63, 3.8) is 0 Å². The highest BCUT2D eigenvalue weighted by atomic mass is 16.5. The van der Waals surface area contributed by atoms with E-state index in [0.29, 0.717) is 0 Å². The molecule has 60 heavy (non-hydrogen) atoms. The smallest absolute Gasteiger partial charge is 0.159 e. The van der Waals surface area contributed by atoms with E-state index in [1.165, 1.54) is 77.8 Å². The average Bonchev–Trinajstić information content (AvgIpc) is 3.24. The number of rotatable bonds is 18. The van der Waals surface area contributed by atoms with Crippen molar-refractivity contribution in [2.75, 3.05) is 78.7 Å². The Morgan fingerprint density at radius 1 is 0.467 bits per heavy atom. The number of hydrogen-bond donors (Lipinski definition) is 0. The average molecular weight is 826 g/mol. The number of ether oxygens (including phenoxy) is 3. The third-order valence-corrected chi connectivity index (χ3v) is 11.6. The van der Waals surface area contributed by atoms with Crippen molar-refractivity contribution in [2.24, 2.45) is 17.8 Å². The second-order valence-electron chi connectivity index (χ2n) is 17.5. The van der Waals surface area contributed by atoms with Crippen LogP contribution in [0.3, 0.4) is 0 Å². The summed E-state index contributed by atoms with van der Waals surface area (Å²) < 4.78 is 17.2. The zero-order chi connectivity index (χ0) is 43.1. The Bertz CT molecular complexity index is 1660. The summed E-state index contributed by atoms with van der Waals surface area (Å²) in [6.45, 7) is 24.7. The van der Waals surface area contributed by atoms with Crippen LogP contribution in [0.2, 0.25) is 0 Å². The van der Waals surface area contributed by atoms with Crippen molar-refractivity contribution in [2.45, 2.75) is 99.3 Å². The molecule has 6 rings (SSSR count). The molecule has 3 aromatic carbocycles. The standard InChI is InChI=1S/C18H27NO2.C17H25NO2.C16H23NO2/c1-14-11-15(2)13-19(12-14)9-4-10-21-18-7-5-17(6-8-18)16(3)20;1-14-5-3-10-18(13-14)11-4-12-20-17-8-6-16(7-9-17)15(2)19;1-14(18)15-6-8-16(9-7-15)19-13-5-12-17-10-3-2-4-11-17/h5-8,14-15H,4,9-13H2,1-3H3;6-9,14H,3-5,10-13H2,1-2H3;6-9H,2-5,10-13H2,1H3/t14-,15-;;/m0../s1. The molecule has 3 aliphatic rings. The van der Waals surface area contributed by atoms with Crippen molar-refractivity contribution in [3.8, 4) is 17.2 Å². The number of piperidine rings is 3. The number of Topliss-reactive ketones (excluding diaryl/α,β-unsaturated/α-hetero) is 3. The first-order chi connectivity index (χ1) is 28.9. The molecule has 9 nitrogen and oxygen atoms in total. The summed E-state index contributed by atoms with van der Waals surface area (Å²) in [6.07, 6.45) is 11.3. The summed E-state index contributed by atoms with van der Waals surface area (Å²) in [7, 11) is 0. The van der Waals surface area contributed by atoms with E-state index in [9.17, 15) is 14.4 Å². The summed E-state index contributed by atoms with van der Waals surface area (Å²) in [4.78, 5) is 41.1. The lowest BCUT2D eigenvalue weighted by Gasteiger charge is -2.34. The SMILES string of the molecule is CC(=O)c1ccc(OCCCN2CCCC(C)C2)cc1.CC(=O)c1ccc(OCCCN2CCCCC2)cc1.CC(=O)c1ccc(OCCCN2C[C@@H](C)C[C@H](C)C2)cc1. The fourth-order valence-corrected chi connectivity index (χ4v) is 8.44. The van der Waals surface area contributed by atoms with Crippen LogP contribution in [0.5, 0.6) is 17.2 Å². The van der Waals surface area contributed by atoms with Crippen LogP contribution in [-0.2, 0) is 0 Å². The van der Waals surface area contributed by atoms with E-state index in [1.807, 2.05) is 72.8 Å². The Morgan fingerprint density at radius 3 is 1.20 bits per heavy atom. The van der Waals surface area contributed by atoms with E-state index >= 15 is 0 Å². The molecule has 3 aromatic rings. The minimum absolute atomic E-state index is 0.0925. The van der Waals surface area contributed by atoms with Crippen LogP contribution in [-0.4, -0.2) is 111 Å². The van der Waals surface area contributed by atoms with Crippen LogP contribution in [0.4, 0.5) is 0 Å². The van der Waals surface area contributed by atoms with E-state index in [4.69, 9.17) is 14.2 Å². The van der Waals surface area contributed by atoms with Gasteiger partial charge in [0.25, 0.3) is 0 Å². The van der Waals surface area contributed by atoms with Gasteiger partial charge in [-0.15, -0.1) is 0 Å². The minimum atomic E-state index is 0.0925. The van der Waals surface area contributed by atoms with Gasteiger partial charge in [0.2, 0.25) is 0 Å². The molecular weight excluding hydrogens is 751 g/mol. The van der Waals surface area contributed by atoms with Crippen LogP contribution in [0.1, 0.15) is 130 Å². The van der Waals surface area contributed by atoms with Crippen LogP contribution >= 0.6 is 0 Å². The molecule has 1 unspecified atom stereocenters. The Hall–Kier alpha value is -4.05. The zero-order valence-electron chi connectivity index (χ0n) is 37.8. The van der Waals surface area contributed by atoms with Crippen LogP contribution in [0.15, 0.2) is 72.8 Å². The molecule has 0 N–H and O–H groups in total. The molecule has 0 saturated carbocycles. The number of benzene rings is 3. The molecule has 3 heterocycles. The molecule has 0 aromatic heterocycles. The summed E-state index contributed by atoms with van der Waals surface area (Å²) in [6, 6.07) is 22.2. The highest BCUT2D eigenvalue weighted by Gasteiger charge is 2.21. The largest absolute Gasteiger partial charge is 0.494 e. The first kappa shape index (κ1) is 48.6. The summed E-state index contributed by atoms with van der Waals surface area (Å²) >= 11 is 0. The number of nitrogens with zero attached hydrogens (tertiary/aromatic N) is 3. The molecule has 3 aliphatic heterocycles. The van der Waals surface area contributed by atoms with E-state index in [0.717, 1.165) is 110 Å².